The Morgan fingerprint density at radius 2 is 2.60 bits per heavy atom. The average Bonchev–Trinajstić information content (AvgIpc) is 2.34. The molecule has 0 bridgehead atoms. The zero-order chi connectivity index (χ0) is 7.56. The number of nitrogens with zero attached hydrogens (tertiary/aromatic N) is 1. The van der Waals surface area contributed by atoms with Gasteiger partial charge in [-0.15, -0.1) is 11.3 Å². The van der Waals surface area contributed by atoms with Crippen LogP contribution in [0.3, 0.4) is 0 Å². The van der Waals surface area contributed by atoms with Crippen molar-refractivity contribution in [1.29, 1.82) is 0 Å². The number of thiazole rings is 1. The Hall–Kier alpha value is -0.260. The van der Waals surface area contributed by atoms with Gasteiger partial charge in [0.2, 0.25) is 15.4 Å². The third-order valence-corrected chi connectivity index (χ3v) is 3.05. The third-order valence-electron chi connectivity index (χ3n) is 1.03. The third kappa shape index (κ3) is 1.62. The summed E-state index contributed by atoms with van der Waals surface area (Å²) in [5.41, 5.74) is 0. The lowest BCUT2D eigenvalue weighted by Crippen LogP contribution is -1.83. The van der Waals surface area contributed by atoms with Crippen LogP contribution >= 0.6 is 11.3 Å². The first-order valence-electron chi connectivity index (χ1n) is 2.79. The molecule has 1 rings (SSSR count). The second-order valence-corrected chi connectivity index (χ2v) is 3.95. The fourth-order valence-electron chi connectivity index (χ4n) is 0.534. The van der Waals surface area contributed by atoms with Crippen molar-refractivity contribution < 1.29 is 8.76 Å². The molecule has 1 unspecified atom stereocenters. The van der Waals surface area contributed by atoms with Gasteiger partial charge in [0.25, 0.3) is 0 Å². The first-order chi connectivity index (χ1) is 4.74. The zero-order valence-electron chi connectivity index (χ0n) is 5.40. The summed E-state index contributed by atoms with van der Waals surface area (Å²) in [5, 5.41) is 0. The summed E-state index contributed by atoms with van der Waals surface area (Å²) in [6.07, 6.45) is 2.50. The molecule has 0 radical (unpaired) electrons. The van der Waals surface area contributed by atoms with Crippen molar-refractivity contribution in [1.82, 2.24) is 4.98 Å². The molecule has 1 heterocycles. The highest BCUT2D eigenvalue weighted by atomic mass is 32.2. The lowest BCUT2D eigenvalue weighted by atomic mass is 10.4. The van der Waals surface area contributed by atoms with E-state index in [9.17, 15) is 4.21 Å². The van der Waals surface area contributed by atoms with Gasteiger partial charge in [0.15, 0.2) is 0 Å². The standard InChI is InChI=1S/C5H7NO2S2/c1-2-4-3-6-5(9-4)10(7)8/h3H,2H2,1H3,(H,7,8). The first-order valence-corrected chi connectivity index (χ1v) is 4.72. The van der Waals surface area contributed by atoms with Crippen LogP contribution in [0.15, 0.2) is 10.5 Å². The molecule has 1 atom stereocenters. The monoisotopic (exact) mass is 177 g/mol. The summed E-state index contributed by atoms with van der Waals surface area (Å²) < 4.78 is 19.2. The minimum absolute atomic E-state index is 0.289. The Kier molecular flexibility index (Phi) is 2.53. The highest BCUT2D eigenvalue weighted by molar-refractivity contribution is 7.81. The van der Waals surface area contributed by atoms with E-state index in [2.05, 4.69) is 4.98 Å². The fourth-order valence-corrected chi connectivity index (χ4v) is 1.86. The molecule has 0 saturated carbocycles. The molecular formula is C5H7NO2S2. The SMILES string of the molecule is CCc1cnc(S(=O)O)s1. The molecular weight excluding hydrogens is 170 g/mol. The van der Waals surface area contributed by atoms with E-state index >= 15 is 0 Å². The van der Waals surface area contributed by atoms with Crippen LogP contribution in [0.25, 0.3) is 0 Å². The van der Waals surface area contributed by atoms with Crippen molar-refractivity contribution >= 4 is 22.4 Å². The average molecular weight is 177 g/mol. The van der Waals surface area contributed by atoms with Gasteiger partial charge in [0.1, 0.15) is 0 Å². The van der Waals surface area contributed by atoms with Crippen LogP contribution in [0.2, 0.25) is 0 Å². The number of hydrogen-bond donors (Lipinski definition) is 1. The molecule has 0 fully saturated rings. The maximum atomic E-state index is 10.4. The second kappa shape index (κ2) is 3.23. The van der Waals surface area contributed by atoms with E-state index in [4.69, 9.17) is 4.55 Å². The van der Waals surface area contributed by atoms with E-state index in [-0.39, 0.29) is 4.34 Å². The van der Waals surface area contributed by atoms with Gasteiger partial charge in [-0.1, -0.05) is 6.92 Å². The molecule has 3 nitrogen and oxygen atoms in total. The summed E-state index contributed by atoms with van der Waals surface area (Å²) in [4.78, 5) is 4.79. The van der Waals surface area contributed by atoms with Gasteiger partial charge in [-0.05, 0) is 6.42 Å². The summed E-state index contributed by atoms with van der Waals surface area (Å²) in [7, 11) is 0. The lowest BCUT2D eigenvalue weighted by molar-refractivity contribution is 0.563. The number of aromatic nitrogens is 1. The van der Waals surface area contributed by atoms with Crippen molar-refractivity contribution in [3.63, 3.8) is 0 Å². The van der Waals surface area contributed by atoms with Crippen LogP contribution in [-0.4, -0.2) is 13.7 Å². The van der Waals surface area contributed by atoms with Crippen molar-refractivity contribution in [3.8, 4) is 0 Å². The Morgan fingerprint density at radius 1 is 1.90 bits per heavy atom. The molecule has 0 aliphatic carbocycles. The minimum Gasteiger partial charge on any atom is -0.300 e. The topological polar surface area (TPSA) is 50.2 Å². The molecule has 1 aromatic rings. The van der Waals surface area contributed by atoms with Crippen molar-refractivity contribution in [2.75, 3.05) is 0 Å². The predicted molar refractivity (Wildman–Crippen MR) is 40.5 cm³/mol. The number of aryl methyl sites for hydroxylation is 1. The van der Waals surface area contributed by atoms with Crippen molar-refractivity contribution in [2.45, 2.75) is 17.7 Å². The van der Waals surface area contributed by atoms with Crippen LogP contribution < -0.4 is 0 Å². The van der Waals surface area contributed by atoms with Gasteiger partial charge < -0.3 is 4.55 Å². The highest BCUT2D eigenvalue weighted by Crippen LogP contribution is 2.15. The molecule has 0 amide bonds. The molecule has 5 heteroatoms. The van der Waals surface area contributed by atoms with Crippen LogP contribution in [-0.2, 0) is 17.5 Å². The maximum absolute atomic E-state index is 10.4. The first kappa shape index (κ1) is 7.84. The van der Waals surface area contributed by atoms with Crippen LogP contribution in [0, 0.1) is 0 Å². The molecule has 0 aromatic carbocycles. The van der Waals surface area contributed by atoms with E-state index < -0.39 is 11.1 Å². The fraction of sp³-hybridized carbons (Fsp3) is 0.400. The van der Waals surface area contributed by atoms with Crippen molar-refractivity contribution in [3.05, 3.63) is 11.1 Å². The molecule has 0 spiro atoms. The van der Waals surface area contributed by atoms with Gasteiger partial charge in [-0.2, -0.15) is 0 Å². The van der Waals surface area contributed by atoms with Gasteiger partial charge >= 0.3 is 0 Å². The minimum atomic E-state index is -1.90. The quantitative estimate of drug-likeness (QED) is 0.692. The largest absolute Gasteiger partial charge is 0.300 e. The summed E-state index contributed by atoms with van der Waals surface area (Å²) in [6.45, 7) is 1.98. The molecule has 0 saturated heterocycles. The van der Waals surface area contributed by atoms with E-state index in [0.717, 1.165) is 11.3 Å². The van der Waals surface area contributed by atoms with E-state index in [0.29, 0.717) is 0 Å². The summed E-state index contributed by atoms with van der Waals surface area (Å²) in [6, 6.07) is 0. The smallest absolute Gasteiger partial charge is 0.216 e. The summed E-state index contributed by atoms with van der Waals surface area (Å²) in [5.74, 6) is 0. The molecule has 0 aliphatic heterocycles. The highest BCUT2D eigenvalue weighted by Gasteiger charge is 2.04. The second-order valence-electron chi connectivity index (χ2n) is 1.70. The Balaban J connectivity index is 2.88. The Labute approximate surface area is 65.4 Å². The van der Waals surface area contributed by atoms with Crippen molar-refractivity contribution in [2.24, 2.45) is 0 Å². The van der Waals surface area contributed by atoms with Gasteiger partial charge in [0.05, 0.1) is 0 Å². The number of rotatable bonds is 2. The molecule has 56 valence electrons. The van der Waals surface area contributed by atoms with Gasteiger partial charge in [0, 0.05) is 11.1 Å². The lowest BCUT2D eigenvalue weighted by Gasteiger charge is -1.81. The van der Waals surface area contributed by atoms with E-state index in [1.807, 2.05) is 6.92 Å². The Bertz CT molecular complexity index is 246. The van der Waals surface area contributed by atoms with Crippen LogP contribution in [0.4, 0.5) is 0 Å². The van der Waals surface area contributed by atoms with Gasteiger partial charge in [-0.3, -0.25) is 0 Å². The molecule has 10 heavy (non-hydrogen) atoms. The van der Waals surface area contributed by atoms with E-state index in [1.165, 1.54) is 11.3 Å². The van der Waals surface area contributed by atoms with Crippen LogP contribution in [0.5, 0.6) is 0 Å². The molecule has 1 N–H and O–H groups in total. The summed E-state index contributed by atoms with van der Waals surface area (Å²) >= 11 is -0.623. The van der Waals surface area contributed by atoms with Gasteiger partial charge in [-0.25, -0.2) is 9.19 Å². The maximum Gasteiger partial charge on any atom is 0.216 e. The number of hydrogen-bond acceptors (Lipinski definition) is 3. The molecule has 1 aromatic heterocycles. The zero-order valence-corrected chi connectivity index (χ0v) is 7.04. The predicted octanol–water partition coefficient (Wildman–Crippen LogP) is 1.29. The molecule has 0 aliphatic rings. The van der Waals surface area contributed by atoms with E-state index in [1.54, 1.807) is 6.20 Å². The van der Waals surface area contributed by atoms with Crippen LogP contribution in [0.1, 0.15) is 11.8 Å². The normalized spacial score (nSPS) is 13.4. The Morgan fingerprint density at radius 3 is 2.90 bits per heavy atom.